The highest BCUT2D eigenvalue weighted by Crippen LogP contribution is 2.15. The summed E-state index contributed by atoms with van der Waals surface area (Å²) < 4.78 is 15.3. The zero-order chi connectivity index (χ0) is 12.3. The lowest BCUT2D eigenvalue weighted by Crippen LogP contribution is -2.18. The van der Waals surface area contributed by atoms with Crippen LogP contribution in [-0.2, 0) is 0 Å². The van der Waals surface area contributed by atoms with Crippen LogP contribution in [0.2, 0.25) is 0 Å². The summed E-state index contributed by atoms with van der Waals surface area (Å²) in [5.74, 6) is -0.575. The summed E-state index contributed by atoms with van der Waals surface area (Å²) in [5, 5.41) is 2.74. The Labute approximate surface area is 98.1 Å². The minimum absolute atomic E-state index is 0.136. The molecule has 1 heterocycles. The molecule has 2 rings (SSSR count). The van der Waals surface area contributed by atoms with Crippen LogP contribution in [0.5, 0.6) is 0 Å². The molecule has 0 aliphatic heterocycles. The van der Waals surface area contributed by atoms with Gasteiger partial charge in [-0.2, -0.15) is 0 Å². The maximum atomic E-state index is 13.8. The van der Waals surface area contributed by atoms with Crippen LogP contribution in [0.1, 0.15) is 10.4 Å². The number of halogens is 1. The van der Waals surface area contributed by atoms with E-state index in [0.717, 1.165) is 0 Å². The van der Waals surface area contributed by atoms with Crippen molar-refractivity contribution in [2.75, 3.05) is 13.6 Å². The van der Waals surface area contributed by atoms with E-state index in [9.17, 15) is 9.18 Å². The number of imidazole rings is 1. The number of ketones is 1. The molecule has 0 saturated carbocycles. The van der Waals surface area contributed by atoms with E-state index in [1.54, 1.807) is 36.1 Å². The van der Waals surface area contributed by atoms with Crippen molar-refractivity contribution in [2.45, 2.75) is 0 Å². The molecule has 1 aromatic heterocycles. The van der Waals surface area contributed by atoms with Crippen LogP contribution in [0.3, 0.4) is 0 Å². The quantitative estimate of drug-likeness (QED) is 0.812. The Bertz CT molecular complexity index is 523. The summed E-state index contributed by atoms with van der Waals surface area (Å²) in [6.07, 6.45) is 4.72. The van der Waals surface area contributed by atoms with E-state index < -0.39 is 5.82 Å². The van der Waals surface area contributed by atoms with Crippen molar-refractivity contribution in [3.8, 4) is 5.69 Å². The second kappa shape index (κ2) is 4.88. The van der Waals surface area contributed by atoms with Crippen molar-refractivity contribution >= 4 is 5.78 Å². The van der Waals surface area contributed by atoms with Gasteiger partial charge in [0.25, 0.3) is 0 Å². The van der Waals surface area contributed by atoms with Gasteiger partial charge in [-0.05, 0) is 25.2 Å². The van der Waals surface area contributed by atoms with Gasteiger partial charge in [0.1, 0.15) is 5.82 Å². The highest BCUT2D eigenvalue weighted by molar-refractivity contribution is 5.97. The number of carbonyl (C=O) groups is 1. The van der Waals surface area contributed by atoms with Crippen molar-refractivity contribution in [1.82, 2.24) is 14.9 Å². The lowest BCUT2D eigenvalue weighted by Gasteiger charge is -2.06. The van der Waals surface area contributed by atoms with E-state index in [1.807, 2.05) is 0 Å². The molecule has 4 nitrogen and oxygen atoms in total. The first kappa shape index (κ1) is 11.5. The zero-order valence-electron chi connectivity index (χ0n) is 9.35. The van der Waals surface area contributed by atoms with Gasteiger partial charge in [-0.15, -0.1) is 0 Å². The van der Waals surface area contributed by atoms with E-state index in [1.165, 1.54) is 12.4 Å². The van der Waals surface area contributed by atoms with Crippen LogP contribution in [0.15, 0.2) is 36.9 Å². The van der Waals surface area contributed by atoms with Gasteiger partial charge in [-0.25, -0.2) is 9.37 Å². The first-order chi connectivity index (χ1) is 8.22. The number of aromatic nitrogens is 2. The van der Waals surface area contributed by atoms with Crippen molar-refractivity contribution in [1.29, 1.82) is 0 Å². The average Bonchev–Trinajstić information content (AvgIpc) is 2.82. The lowest BCUT2D eigenvalue weighted by molar-refractivity contribution is 0.0993. The number of nitrogens with zero attached hydrogens (tertiary/aromatic N) is 2. The smallest absolute Gasteiger partial charge is 0.176 e. The Morgan fingerprint density at radius 1 is 1.53 bits per heavy atom. The Kier molecular flexibility index (Phi) is 3.30. The topological polar surface area (TPSA) is 46.9 Å². The molecule has 0 atom stereocenters. The van der Waals surface area contributed by atoms with Crippen LogP contribution in [-0.4, -0.2) is 28.9 Å². The van der Waals surface area contributed by atoms with E-state index >= 15 is 0 Å². The van der Waals surface area contributed by atoms with Gasteiger partial charge < -0.3 is 9.88 Å². The third-order valence-electron chi connectivity index (χ3n) is 2.39. The average molecular weight is 233 g/mol. The number of nitrogens with one attached hydrogen (secondary N) is 1. The van der Waals surface area contributed by atoms with Gasteiger partial charge in [-0.3, -0.25) is 4.79 Å². The molecule has 1 N–H and O–H groups in total. The minimum atomic E-state index is -0.440. The normalized spacial score (nSPS) is 10.5. The fraction of sp³-hybridized carbons (Fsp3) is 0.167. The summed E-state index contributed by atoms with van der Waals surface area (Å²) >= 11 is 0. The Hall–Kier alpha value is -2.01. The number of benzene rings is 1. The van der Waals surface area contributed by atoms with Crippen LogP contribution in [0.4, 0.5) is 4.39 Å². The molecule has 0 fully saturated rings. The molecular formula is C12H12FN3O. The largest absolute Gasteiger partial charge is 0.313 e. The first-order valence-corrected chi connectivity index (χ1v) is 5.18. The first-order valence-electron chi connectivity index (χ1n) is 5.18. The molecule has 0 radical (unpaired) electrons. The van der Waals surface area contributed by atoms with Crippen LogP contribution < -0.4 is 5.32 Å². The summed E-state index contributed by atoms with van der Waals surface area (Å²) in [5.41, 5.74) is 0.740. The molecule has 0 bridgehead atoms. The van der Waals surface area contributed by atoms with Gasteiger partial charge in [0.15, 0.2) is 5.78 Å². The predicted molar refractivity (Wildman–Crippen MR) is 61.8 cm³/mol. The molecule has 88 valence electrons. The van der Waals surface area contributed by atoms with Crippen molar-refractivity contribution in [3.05, 3.63) is 48.3 Å². The molecule has 1 aromatic carbocycles. The van der Waals surface area contributed by atoms with E-state index in [4.69, 9.17) is 0 Å². The molecule has 0 aliphatic rings. The second-order valence-corrected chi connectivity index (χ2v) is 3.59. The van der Waals surface area contributed by atoms with E-state index in [-0.39, 0.29) is 12.3 Å². The van der Waals surface area contributed by atoms with Gasteiger partial charge in [0.2, 0.25) is 0 Å². The maximum Gasteiger partial charge on any atom is 0.176 e. The Morgan fingerprint density at radius 2 is 2.35 bits per heavy atom. The van der Waals surface area contributed by atoms with Gasteiger partial charge in [0.05, 0.1) is 18.6 Å². The van der Waals surface area contributed by atoms with Gasteiger partial charge in [0, 0.05) is 18.0 Å². The molecule has 0 amide bonds. The highest BCUT2D eigenvalue weighted by atomic mass is 19.1. The minimum Gasteiger partial charge on any atom is -0.313 e. The summed E-state index contributed by atoms with van der Waals surface area (Å²) in [6.45, 7) is 0.198. The summed E-state index contributed by atoms with van der Waals surface area (Å²) in [6, 6.07) is 4.42. The van der Waals surface area contributed by atoms with E-state index in [0.29, 0.717) is 11.3 Å². The van der Waals surface area contributed by atoms with Gasteiger partial charge in [-0.1, -0.05) is 0 Å². The molecule has 17 heavy (non-hydrogen) atoms. The molecule has 0 unspecified atom stereocenters. The SMILES string of the molecule is CNCC(=O)c1ccc(-n2ccnc2)c(F)c1. The molecule has 5 heteroatoms. The van der Waals surface area contributed by atoms with Crippen molar-refractivity contribution < 1.29 is 9.18 Å². The fourth-order valence-corrected chi connectivity index (χ4v) is 1.55. The van der Waals surface area contributed by atoms with Gasteiger partial charge >= 0.3 is 0 Å². The Balaban J connectivity index is 2.32. The standard InChI is InChI=1S/C12H12FN3O/c1-14-7-12(17)9-2-3-11(10(13)6-9)16-5-4-15-8-16/h2-6,8,14H,7H2,1H3. The molecule has 0 aliphatic carbocycles. The summed E-state index contributed by atoms with van der Waals surface area (Å²) in [4.78, 5) is 15.4. The monoisotopic (exact) mass is 233 g/mol. The number of hydrogen-bond donors (Lipinski definition) is 1. The maximum absolute atomic E-state index is 13.8. The highest BCUT2D eigenvalue weighted by Gasteiger charge is 2.09. The van der Waals surface area contributed by atoms with Crippen LogP contribution in [0, 0.1) is 5.82 Å². The van der Waals surface area contributed by atoms with Crippen molar-refractivity contribution in [2.24, 2.45) is 0 Å². The Morgan fingerprint density at radius 3 is 2.94 bits per heavy atom. The predicted octanol–water partition coefficient (Wildman–Crippen LogP) is 1.41. The zero-order valence-corrected chi connectivity index (χ0v) is 9.35. The number of carbonyl (C=O) groups excluding carboxylic acids is 1. The third kappa shape index (κ3) is 2.39. The third-order valence-corrected chi connectivity index (χ3v) is 2.39. The number of likely N-dealkylation sites (N-methyl/N-ethyl adjacent to an activating group) is 1. The number of rotatable bonds is 4. The fourth-order valence-electron chi connectivity index (χ4n) is 1.55. The molecule has 0 spiro atoms. The van der Waals surface area contributed by atoms with Crippen LogP contribution in [0.25, 0.3) is 5.69 Å². The molecule has 2 aromatic rings. The number of Topliss-reactive ketones (excluding diaryl/α,β-unsaturated/α-hetero) is 1. The second-order valence-electron chi connectivity index (χ2n) is 3.59. The molecular weight excluding hydrogens is 221 g/mol. The molecule has 0 saturated heterocycles. The lowest BCUT2D eigenvalue weighted by atomic mass is 10.1. The number of hydrogen-bond acceptors (Lipinski definition) is 3. The van der Waals surface area contributed by atoms with Crippen molar-refractivity contribution in [3.63, 3.8) is 0 Å². The van der Waals surface area contributed by atoms with E-state index in [2.05, 4.69) is 10.3 Å². The van der Waals surface area contributed by atoms with Crippen LogP contribution >= 0.6 is 0 Å². The summed E-state index contributed by atoms with van der Waals surface area (Å²) in [7, 11) is 1.67.